The Bertz CT molecular complexity index is 936. The number of hydrogen-bond acceptors (Lipinski definition) is 7. The second-order valence-corrected chi connectivity index (χ2v) is 8.09. The van der Waals surface area contributed by atoms with Crippen LogP contribution in [0, 0.1) is 0 Å². The van der Waals surface area contributed by atoms with Gasteiger partial charge in [0.2, 0.25) is 5.91 Å². The molecule has 0 aliphatic carbocycles. The molecule has 0 saturated carbocycles. The van der Waals surface area contributed by atoms with E-state index >= 15 is 0 Å². The molecule has 0 unspecified atom stereocenters. The molecule has 2 heterocycles. The minimum Gasteiger partial charge on any atom is -0.496 e. The first-order chi connectivity index (χ1) is 14.4. The summed E-state index contributed by atoms with van der Waals surface area (Å²) in [5, 5.41) is 5.57. The van der Waals surface area contributed by atoms with Crippen LogP contribution in [0.5, 0.6) is 5.75 Å². The summed E-state index contributed by atoms with van der Waals surface area (Å²) in [6.45, 7) is 7.69. The minimum atomic E-state index is -0.499. The summed E-state index contributed by atoms with van der Waals surface area (Å²) in [5.74, 6) is 0.152. The molecule has 0 saturated heterocycles. The number of carbonyl (C=O) groups is 2. The Morgan fingerprint density at radius 2 is 2.03 bits per heavy atom. The van der Waals surface area contributed by atoms with E-state index in [2.05, 4.69) is 10.3 Å². The van der Waals surface area contributed by atoms with Crippen LogP contribution in [0.15, 0.2) is 51.6 Å². The van der Waals surface area contributed by atoms with Crippen molar-refractivity contribution in [2.45, 2.75) is 46.2 Å². The van der Waals surface area contributed by atoms with Crippen molar-refractivity contribution in [1.82, 2.24) is 10.2 Å². The van der Waals surface area contributed by atoms with Gasteiger partial charge in [0.1, 0.15) is 5.75 Å². The van der Waals surface area contributed by atoms with Crippen LogP contribution in [0.25, 0.3) is 0 Å². The summed E-state index contributed by atoms with van der Waals surface area (Å²) >= 11 is 1.44. The zero-order chi connectivity index (χ0) is 21.8. The maximum Gasteiger partial charge on any atom is 0.338 e. The third kappa shape index (κ3) is 4.38. The van der Waals surface area contributed by atoms with E-state index in [-0.39, 0.29) is 25.0 Å². The summed E-state index contributed by atoms with van der Waals surface area (Å²) < 4.78 is 10.9. The molecule has 1 atom stereocenters. The number of hydrogen-bond donors (Lipinski definition) is 1. The Labute approximate surface area is 181 Å². The Hall–Kier alpha value is -2.74. The van der Waals surface area contributed by atoms with Crippen molar-refractivity contribution in [3.8, 4) is 5.75 Å². The van der Waals surface area contributed by atoms with Crippen LogP contribution < -0.4 is 10.1 Å². The van der Waals surface area contributed by atoms with Crippen LogP contribution in [0.1, 0.15) is 45.7 Å². The molecule has 1 N–H and O–H groups in total. The number of fused-ring (bicyclic) bond motifs is 1. The highest BCUT2D eigenvalue weighted by atomic mass is 32.2. The number of amides is 1. The fraction of sp³-hybridized carbons (Fsp3) is 0.409. The van der Waals surface area contributed by atoms with Crippen LogP contribution >= 0.6 is 11.8 Å². The number of thioether (sulfide) groups is 1. The molecule has 2 aliphatic heterocycles. The van der Waals surface area contributed by atoms with E-state index in [0.717, 1.165) is 16.4 Å². The number of esters is 1. The maximum absolute atomic E-state index is 12.9. The highest BCUT2D eigenvalue weighted by molar-refractivity contribution is 8.16. The van der Waals surface area contributed by atoms with Crippen molar-refractivity contribution >= 4 is 28.8 Å². The lowest BCUT2D eigenvalue weighted by Crippen LogP contribution is -2.39. The molecule has 30 heavy (non-hydrogen) atoms. The van der Waals surface area contributed by atoms with E-state index in [9.17, 15) is 9.59 Å². The molecule has 2 aliphatic rings. The quantitative estimate of drug-likeness (QED) is 0.665. The Kier molecular flexibility index (Phi) is 6.87. The van der Waals surface area contributed by atoms with Crippen molar-refractivity contribution in [3.05, 3.63) is 52.2 Å². The molecule has 8 heteroatoms. The second kappa shape index (κ2) is 9.38. The number of para-hydroxylation sites is 1. The van der Waals surface area contributed by atoms with E-state index in [0.29, 0.717) is 17.0 Å². The average Bonchev–Trinajstić information content (AvgIpc) is 3.08. The fourth-order valence-electron chi connectivity index (χ4n) is 3.56. The van der Waals surface area contributed by atoms with Crippen molar-refractivity contribution in [3.63, 3.8) is 0 Å². The molecule has 0 aromatic heterocycles. The smallest absolute Gasteiger partial charge is 0.338 e. The highest BCUT2D eigenvalue weighted by Gasteiger charge is 2.42. The topological polar surface area (TPSA) is 80.2 Å². The first kappa shape index (κ1) is 22.0. The van der Waals surface area contributed by atoms with Gasteiger partial charge < -0.3 is 19.7 Å². The summed E-state index contributed by atoms with van der Waals surface area (Å²) in [5.41, 5.74) is 2.64. The number of allylic oxidation sites excluding steroid dienone is 1. The van der Waals surface area contributed by atoms with Crippen molar-refractivity contribution in [2.75, 3.05) is 13.7 Å². The summed E-state index contributed by atoms with van der Waals surface area (Å²) in [4.78, 5) is 32.0. The average molecular weight is 430 g/mol. The van der Waals surface area contributed by atoms with E-state index in [4.69, 9.17) is 9.47 Å². The summed E-state index contributed by atoms with van der Waals surface area (Å²) in [7, 11) is 1.60. The van der Waals surface area contributed by atoms with Gasteiger partial charge in [0.25, 0.3) is 0 Å². The number of aliphatic imine (C=N–C) groups is 1. The standard InChI is InChI=1S/C22H27N3O4S/c1-6-29-21(27)19-14(4)24-22-25(15(12-30-22)11-18(26)23-13(2)3)20(19)16-9-7-8-10-17(16)28-5/h7-10,12-13,20H,6,11H2,1-5H3,(H,23,26)/t20-/m1/s1. The van der Waals surface area contributed by atoms with Gasteiger partial charge in [-0.15, -0.1) is 0 Å². The third-order valence-corrected chi connectivity index (χ3v) is 5.61. The molecule has 0 radical (unpaired) electrons. The van der Waals surface area contributed by atoms with Crippen molar-refractivity contribution < 1.29 is 19.1 Å². The van der Waals surface area contributed by atoms with Crippen LogP contribution in [0.3, 0.4) is 0 Å². The molecule has 3 rings (SSSR count). The van der Waals surface area contributed by atoms with Gasteiger partial charge in [0.05, 0.1) is 37.4 Å². The first-order valence-corrected chi connectivity index (χ1v) is 10.8. The van der Waals surface area contributed by atoms with Gasteiger partial charge in [-0.3, -0.25) is 4.79 Å². The number of rotatable bonds is 7. The molecule has 1 aromatic rings. The largest absolute Gasteiger partial charge is 0.496 e. The van der Waals surface area contributed by atoms with E-state index in [1.54, 1.807) is 14.0 Å². The molecule has 0 fully saturated rings. The summed E-state index contributed by atoms with van der Waals surface area (Å²) in [6, 6.07) is 7.11. The van der Waals surface area contributed by atoms with Crippen molar-refractivity contribution in [1.29, 1.82) is 0 Å². The predicted molar refractivity (Wildman–Crippen MR) is 118 cm³/mol. The number of amidine groups is 1. The van der Waals surface area contributed by atoms with Gasteiger partial charge in [-0.25, -0.2) is 9.79 Å². The molecule has 0 bridgehead atoms. The highest BCUT2D eigenvalue weighted by Crippen LogP contribution is 2.46. The molecule has 1 aromatic carbocycles. The van der Waals surface area contributed by atoms with Gasteiger partial charge in [0.15, 0.2) is 5.17 Å². The Morgan fingerprint density at radius 3 is 2.70 bits per heavy atom. The molecular formula is C22H27N3O4S. The zero-order valence-corrected chi connectivity index (χ0v) is 18.7. The first-order valence-electron chi connectivity index (χ1n) is 9.91. The van der Waals surface area contributed by atoms with Crippen LogP contribution in [-0.2, 0) is 14.3 Å². The molecule has 160 valence electrons. The number of nitrogens with zero attached hydrogens (tertiary/aromatic N) is 2. The fourth-order valence-corrected chi connectivity index (χ4v) is 4.53. The second-order valence-electron chi connectivity index (χ2n) is 7.25. The third-order valence-electron chi connectivity index (χ3n) is 4.72. The lowest BCUT2D eigenvalue weighted by molar-refractivity contribution is -0.139. The van der Waals surface area contributed by atoms with Crippen LogP contribution in [-0.4, -0.2) is 41.7 Å². The number of carbonyl (C=O) groups excluding carboxylic acids is 2. The van der Waals surface area contributed by atoms with E-state index < -0.39 is 12.0 Å². The number of ether oxygens (including phenoxy) is 2. The SMILES string of the molecule is CCOC(=O)C1=C(C)N=C2SC=C(CC(=O)NC(C)C)N2[C@@H]1c1ccccc1OC. The van der Waals surface area contributed by atoms with Crippen LogP contribution in [0.2, 0.25) is 0 Å². The number of methoxy groups -OCH3 is 1. The molecule has 0 spiro atoms. The predicted octanol–water partition coefficient (Wildman–Crippen LogP) is 3.75. The van der Waals surface area contributed by atoms with Crippen LogP contribution in [0.4, 0.5) is 0 Å². The van der Waals surface area contributed by atoms with Gasteiger partial charge in [-0.05, 0) is 39.2 Å². The Morgan fingerprint density at radius 1 is 1.30 bits per heavy atom. The van der Waals surface area contributed by atoms with E-state index in [1.807, 2.05) is 55.3 Å². The normalized spacial score (nSPS) is 18.1. The maximum atomic E-state index is 12.9. The zero-order valence-electron chi connectivity index (χ0n) is 17.9. The van der Waals surface area contributed by atoms with Crippen molar-refractivity contribution in [2.24, 2.45) is 4.99 Å². The van der Waals surface area contributed by atoms with Gasteiger partial charge in [0, 0.05) is 17.3 Å². The number of benzene rings is 1. The van der Waals surface area contributed by atoms with Gasteiger partial charge in [-0.2, -0.15) is 0 Å². The van der Waals surface area contributed by atoms with Gasteiger partial charge in [-0.1, -0.05) is 30.0 Å². The number of nitrogens with one attached hydrogen (secondary N) is 1. The monoisotopic (exact) mass is 429 g/mol. The minimum absolute atomic E-state index is 0.0453. The lowest BCUT2D eigenvalue weighted by atomic mass is 9.93. The Balaban J connectivity index is 2.08. The molecule has 1 amide bonds. The lowest BCUT2D eigenvalue weighted by Gasteiger charge is -2.36. The molecule has 7 nitrogen and oxygen atoms in total. The summed E-state index contributed by atoms with van der Waals surface area (Å²) in [6.07, 6.45) is 0.186. The van der Waals surface area contributed by atoms with Gasteiger partial charge >= 0.3 is 5.97 Å². The molecular weight excluding hydrogens is 402 g/mol. The van der Waals surface area contributed by atoms with E-state index in [1.165, 1.54) is 11.8 Å².